The van der Waals surface area contributed by atoms with Gasteiger partial charge in [0.15, 0.2) is 0 Å². The van der Waals surface area contributed by atoms with Gasteiger partial charge in [0.05, 0.1) is 0 Å². The topological polar surface area (TPSA) is 26.3 Å². The van der Waals surface area contributed by atoms with Gasteiger partial charge in [0.1, 0.15) is 6.10 Å². The first-order valence-corrected chi connectivity index (χ1v) is 14.6. The van der Waals surface area contributed by atoms with Crippen molar-refractivity contribution in [3.8, 4) is 0 Å². The Morgan fingerprint density at radius 3 is 2.35 bits per heavy atom. The summed E-state index contributed by atoms with van der Waals surface area (Å²) in [6.45, 7) is 19.5. The van der Waals surface area contributed by atoms with Crippen LogP contribution in [0.5, 0.6) is 0 Å². The number of rotatable bonds is 1. The highest BCUT2D eigenvalue weighted by Gasteiger charge is 2.83. The van der Waals surface area contributed by atoms with Gasteiger partial charge in [-0.25, -0.2) is 0 Å². The predicted octanol–water partition coefficient (Wildman–Crippen LogP) is 8.21. The van der Waals surface area contributed by atoms with Crippen molar-refractivity contribution in [1.82, 2.24) is 0 Å². The molecule has 0 saturated heterocycles. The van der Waals surface area contributed by atoms with Crippen LogP contribution in [0.25, 0.3) is 0 Å². The van der Waals surface area contributed by atoms with E-state index in [-0.39, 0.29) is 17.5 Å². The van der Waals surface area contributed by atoms with Crippen molar-refractivity contribution in [2.75, 3.05) is 0 Å². The third-order valence-corrected chi connectivity index (χ3v) is 14.2. The minimum atomic E-state index is -0.109. The highest BCUT2D eigenvalue weighted by atomic mass is 16.5. The molecule has 1 unspecified atom stereocenters. The van der Waals surface area contributed by atoms with E-state index >= 15 is 0 Å². The Morgan fingerprint density at radius 1 is 0.912 bits per heavy atom. The molecule has 5 fully saturated rings. The first-order chi connectivity index (χ1) is 15.8. The van der Waals surface area contributed by atoms with Crippen LogP contribution in [0.1, 0.15) is 113 Å². The lowest BCUT2D eigenvalue weighted by Gasteiger charge is -2.68. The van der Waals surface area contributed by atoms with Crippen LogP contribution in [0.15, 0.2) is 12.2 Å². The lowest BCUT2D eigenvalue weighted by molar-refractivity contribution is -0.203. The van der Waals surface area contributed by atoms with Gasteiger partial charge < -0.3 is 4.74 Å². The number of ether oxygens (including phenoxy) is 1. The molecule has 2 heteroatoms. The molecule has 0 aromatic heterocycles. The van der Waals surface area contributed by atoms with E-state index in [1.807, 2.05) is 0 Å². The Balaban J connectivity index is 1.40. The third-order valence-electron chi connectivity index (χ3n) is 14.2. The van der Waals surface area contributed by atoms with E-state index in [0.717, 1.165) is 24.2 Å². The molecule has 6 aliphatic carbocycles. The fourth-order valence-electron chi connectivity index (χ4n) is 12.4. The van der Waals surface area contributed by atoms with Crippen LogP contribution in [0, 0.1) is 62.1 Å². The van der Waals surface area contributed by atoms with Crippen molar-refractivity contribution in [3.05, 3.63) is 12.2 Å². The van der Waals surface area contributed by atoms with Crippen LogP contribution in [-0.4, -0.2) is 12.1 Å². The number of carbonyl (C=O) groups is 1. The highest BCUT2D eigenvalue weighted by Crippen LogP contribution is 2.90. The van der Waals surface area contributed by atoms with Gasteiger partial charge >= 0.3 is 5.97 Å². The largest absolute Gasteiger partial charge is 0.462 e. The minimum absolute atomic E-state index is 0.0437. The molecule has 0 heterocycles. The molecule has 0 N–H and O–H groups in total. The quantitative estimate of drug-likeness (QED) is 0.287. The van der Waals surface area contributed by atoms with Gasteiger partial charge in [-0.15, -0.1) is 0 Å². The molecule has 0 bridgehead atoms. The average Bonchev–Trinajstić information content (AvgIpc) is 3.44. The molecule has 6 aliphatic rings. The summed E-state index contributed by atoms with van der Waals surface area (Å²) in [4.78, 5) is 11.9. The van der Waals surface area contributed by atoms with E-state index in [9.17, 15) is 4.79 Å². The zero-order valence-electron chi connectivity index (χ0n) is 23.3. The number of fused-ring (bicyclic) bond motifs is 4. The maximum absolute atomic E-state index is 11.9. The van der Waals surface area contributed by atoms with Crippen molar-refractivity contribution >= 4 is 5.97 Å². The van der Waals surface area contributed by atoms with Gasteiger partial charge in [0.2, 0.25) is 0 Å². The second-order valence-corrected chi connectivity index (χ2v) is 15.6. The summed E-state index contributed by atoms with van der Waals surface area (Å²) in [6.07, 6.45) is 17.8. The van der Waals surface area contributed by atoms with E-state index in [1.165, 1.54) is 51.4 Å². The first kappa shape index (κ1) is 23.6. The summed E-state index contributed by atoms with van der Waals surface area (Å²) in [5.74, 6) is 3.75. The second-order valence-electron chi connectivity index (χ2n) is 15.6. The molecule has 190 valence electrons. The molecule has 0 aromatic rings. The van der Waals surface area contributed by atoms with Gasteiger partial charge in [-0.05, 0) is 114 Å². The molecule has 0 aromatic carbocycles. The number of carbonyl (C=O) groups excluding carboxylic acids is 1. The summed E-state index contributed by atoms with van der Waals surface area (Å²) in [5.41, 5.74) is 2.30. The van der Waals surface area contributed by atoms with E-state index in [2.05, 4.69) is 60.6 Å². The fraction of sp³-hybridized carbons (Fsp3) is 0.906. The summed E-state index contributed by atoms with van der Waals surface area (Å²) in [7, 11) is 0. The number of hydrogen-bond donors (Lipinski definition) is 0. The molecule has 6 rings (SSSR count). The molecule has 0 radical (unpaired) electrons. The molecule has 0 aliphatic heterocycles. The Kier molecular flexibility index (Phi) is 4.68. The van der Waals surface area contributed by atoms with Crippen molar-refractivity contribution in [2.24, 2.45) is 62.1 Å². The lowest BCUT2D eigenvalue weighted by Crippen LogP contribution is -2.63. The van der Waals surface area contributed by atoms with Crippen LogP contribution in [0.4, 0.5) is 0 Å². The summed E-state index contributed by atoms with van der Waals surface area (Å²) < 4.78 is 5.91. The Bertz CT molecular complexity index is 933. The van der Waals surface area contributed by atoms with Gasteiger partial charge in [-0.1, -0.05) is 60.6 Å². The smallest absolute Gasteiger partial charge is 0.302 e. The van der Waals surface area contributed by atoms with Gasteiger partial charge in [0.25, 0.3) is 0 Å². The van der Waals surface area contributed by atoms with Crippen LogP contribution in [-0.2, 0) is 9.53 Å². The predicted molar refractivity (Wildman–Crippen MR) is 138 cm³/mol. The summed E-state index contributed by atoms with van der Waals surface area (Å²) >= 11 is 0. The van der Waals surface area contributed by atoms with Crippen molar-refractivity contribution in [2.45, 2.75) is 119 Å². The number of hydrogen-bond acceptors (Lipinski definition) is 2. The Hall–Kier alpha value is -0.790. The van der Waals surface area contributed by atoms with Crippen LogP contribution >= 0.6 is 0 Å². The lowest BCUT2D eigenvalue weighted by atomic mass is 9.36. The summed E-state index contributed by atoms with van der Waals surface area (Å²) in [6, 6.07) is 0. The van der Waals surface area contributed by atoms with E-state index in [4.69, 9.17) is 4.74 Å². The molecule has 0 spiro atoms. The molecule has 34 heavy (non-hydrogen) atoms. The first-order valence-electron chi connectivity index (χ1n) is 14.6. The fourth-order valence-corrected chi connectivity index (χ4v) is 12.4. The molecule has 0 amide bonds. The maximum Gasteiger partial charge on any atom is 0.302 e. The van der Waals surface area contributed by atoms with Crippen molar-refractivity contribution in [3.63, 3.8) is 0 Å². The third kappa shape index (κ3) is 2.53. The standard InChI is InChI=1S/C32H50O2/c1-20-9-13-28(6)17-18-32-19-31(32,26(28)21(20)2)16-11-24-29(7)14-12-25(34-22(3)33)27(4,5)23(29)10-15-30(24,32)8/h11,16,20-21,23-26H,9-10,12-15,17-19H2,1-8H3/t20-,21+,23+,24-,25?,26-,28-,29+,30-,31+,32-/m1/s1. The van der Waals surface area contributed by atoms with Crippen LogP contribution in [0.2, 0.25) is 0 Å². The van der Waals surface area contributed by atoms with E-state index in [1.54, 1.807) is 6.92 Å². The SMILES string of the molecule is CC(=O)OC1CC[C@]2(C)[C@H]3C=C[C@@]45C[C@]4(CC[C@@]4(C)CC[C@@H](C)[C@H](C)[C@H]45)[C@]3(C)CC[C@H]2C1(C)C. The molecule has 5 saturated carbocycles. The van der Waals surface area contributed by atoms with E-state index in [0.29, 0.717) is 38.9 Å². The second kappa shape index (κ2) is 6.74. The van der Waals surface area contributed by atoms with Gasteiger partial charge in [-0.2, -0.15) is 0 Å². The van der Waals surface area contributed by atoms with Gasteiger partial charge in [0, 0.05) is 12.3 Å². The highest BCUT2D eigenvalue weighted by molar-refractivity contribution is 5.66. The van der Waals surface area contributed by atoms with Crippen LogP contribution in [0.3, 0.4) is 0 Å². The maximum atomic E-state index is 11.9. The minimum Gasteiger partial charge on any atom is -0.462 e. The Labute approximate surface area is 209 Å². The molecule has 2 nitrogen and oxygen atoms in total. The molecular weight excluding hydrogens is 416 g/mol. The zero-order chi connectivity index (χ0) is 24.5. The van der Waals surface area contributed by atoms with Gasteiger partial charge in [-0.3, -0.25) is 4.79 Å². The normalized spacial score (nSPS) is 58.9. The summed E-state index contributed by atoms with van der Waals surface area (Å²) in [5, 5.41) is 0. The van der Waals surface area contributed by atoms with E-state index < -0.39 is 0 Å². The van der Waals surface area contributed by atoms with Crippen LogP contribution < -0.4 is 0 Å². The average molecular weight is 467 g/mol. The monoisotopic (exact) mass is 466 g/mol. The number of esters is 1. The number of allylic oxidation sites excluding steroid dienone is 2. The Morgan fingerprint density at radius 2 is 1.65 bits per heavy atom. The van der Waals surface area contributed by atoms with Crippen molar-refractivity contribution < 1.29 is 9.53 Å². The molecule has 11 atom stereocenters. The zero-order valence-corrected chi connectivity index (χ0v) is 23.3. The van der Waals surface area contributed by atoms with Crippen molar-refractivity contribution in [1.29, 1.82) is 0 Å². The molecular formula is C32H50O2.